The van der Waals surface area contributed by atoms with Crippen molar-refractivity contribution < 1.29 is 4.74 Å². The molecule has 22 heavy (non-hydrogen) atoms. The Morgan fingerprint density at radius 3 is 2.50 bits per heavy atom. The highest BCUT2D eigenvalue weighted by molar-refractivity contribution is 5.67. The molecule has 2 aromatic carbocycles. The minimum Gasteiger partial charge on any atom is -0.397 e. The Morgan fingerprint density at radius 1 is 1.00 bits per heavy atom. The minimum absolute atomic E-state index is 0.786. The molecule has 2 aromatic rings. The highest BCUT2D eigenvalue weighted by atomic mass is 16.5. The van der Waals surface area contributed by atoms with Crippen molar-refractivity contribution in [3.05, 3.63) is 59.7 Å². The first-order valence-electron chi connectivity index (χ1n) is 7.77. The molecule has 116 valence electrons. The van der Waals surface area contributed by atoms with Crippen LogP contribution in [0.2, 0.25) is 0 Å². The number of nitrogens with one attached hydrogen (secondary N) is 1. The second-order valence-electron chi connectivity index (χ2n) is 5.65. The number of morpholine rings is 1. The Morgan fingerprint density at radius 2 is 1.77 bits per heavy atom. The van der Waals surface area contributed by atoms with E-state index in [2.05, 4.69) is 40.5 Å². The second-order valence-corrected chi connectivity index (χ2v) is 5.65. The van der Waals surface area contributed by atoms with Crippen LogP contribution >= 0.6 is 0 Å². The monoisotopic (exact) mass is 297 g/mol. The van der Waals surface area contributed by atoms with Crippen LogP contribution in [-0.2, 0) is 17.8 Å². The van der Waals surface area contributed by atoms with E-state index < -0.39 is 0 Å². The number of rotatable bonds is 5. The molecule has 1 aliphatic heterocycles. The molecule has 1 fully saturated rings. The first kappa shape index (κ1) is 14.9. The van der Waals surface area contributed by atoms with Crippen LogP contribution in [0.3, 0.4) is 0 Å². The lowest BCUT2D eigenvalue weighted by molar-refractivity contribution is 0.0342. The van der Waals surface area contributed by atoms with Crippen LogP contribution in [0.4, 0.5) is 11.4 Å². The molecule has 0 unspecified atom stereocenters. The molecule has 1 saturated heterocycles. The summed E-state index contributed by atoms with van der Waals surface area (Å²) in [6.07, 6.45) is 0. The Kier molecular flexibility index (Phi) is 4.93. The van der Waals surface area contributed by atoms with Gasteiger partial charge >= 0.3 is 0 Å². The molecule has 4 heteroatoms. The zero-order chi connectivity index (χ0) is 15.2. The van der Waals surface area contributed by atoms with Crippen molar-refractivity contribution in [1.29, 1.82) is 0 Å². The third kappa shape index (κ3) is 4.00. The highest BCUT2D eigenvalue weighted by Crippen LogP contribution is 2.21. The zero-order valence-corrected chi connectivity index (χ0v) is 12.8. The smallest absolute Gasteiger partial charge is 0.0594 e. The van der Waals surface area contributed by atoms with Gasteiger partial charge in [-0.1, -0.05) is 36.4 Å². The van der Waals surface area contributed by atoms with Crippen LogP contribution < -0.4 is 11.1 Å². The van der Waals surface area contributed by atoms with Crippen LogP contribution in [0.25, 0.3) is 0 Å². The molecule has 0 saturated carbocycles. The van der Waals surface area contributed by atoms with E-state index in [0.29, 0.717) is 0 Å². The molecule has 0 atom stereocenters. The van der Waals surface area contributed by atoms with Crippen LogP contribution in [0.1, 0.15) is 11.1 Å². The standard InChI is InChI=1S/C18H23N3O/c19-17-12-16(14-21-8-10-22-11-9-21)6-7-18(17)20-13-15-4-2-1-3-5-15/h1-7,12,20H,8-11,13-14,19H2. The van der Waals surface area contributed by atoms with E-state index in [1.165, 1.54) is 11.1 Å². The lowest BCUT2D eigenvalue weighted by Crippen LogP contribution is -2.35. The quantitative estimate of drug-likeness (QED) is 0.833. The van der Waals surface area contributed by atoms with E-state index in [9.17, 15) is 0 Å². The summed E-state index contributed by atoms with van der Waals surface area (Å²) in [5.41, 5.74) is 10.5. The van der Waals surface area contributed by atoms with Crippen molar-refractivity contribution >= 4 is 11.4 Å². The summed E-state index contributed by atoms with van der Waals surface area (Å²) in [7, 11) is 0. The second kappa shape index (κ2) is 7.29. The Labute approximate surface area is 131 Å². The van der Waals surface area contributed by atoms with Gasteiger partial charge in [-0.25, -0.2) is 0 Å². The highest BCUT2D eigenvalue weighted by Gasteiger charge is 2.11. The topological polar surface area (TPSA) is 50.5 Å². The fraction of sp³-hybridized carbons (Fsp3) is 0.333. The lowest BCUT2D eigenvalue weighted by Gasteiger charge is -2.26. The van der Waals surface area contributed by atoms with Gasteiger partial charge in [-0.2, -0.15) is 0 Å². The molecule has 0 radical (unpaired) electrons. The van der Waals surface area contributed by atoms with Crippen molar-refractivity contribution in [2.75, 3.05) is 37.4 Å². The van der Waals surface area contributed by atoms with Crippen molar-refractivity contribution in [2.24, 2.45) is 0 Å². The third-order valence-electron chi connectivity index (χ3n) is 3.95. The largest absolute Gasteiger partial charge is 0.397 e. The molecule has 0 spiro atoms. The van der Waals surface area contributed by atoms with Gasteiger partial charge in [0.25, 0.3) is 0 Å². The molecule has 0 amide bonds. The van der Waals surface area contributed by atoms with Gasteiger partial charge in [0, 0.05) is 26.2 Å². The van der Waals surface area contributed by atoms with E-state index in [1.54, 1.807) is 0 Å². The summed E-state index contributed by atoms with van der Waals surface area (Å²) in [5.74, 6) is 0. The van der Waals surface area contributed by atoms with Crippen molar-refractivity contribution in [1.82, 2.24) is 4.90 Å². The van der Waals surface area contributed by atoms with Crippen LogP contribution in [0.5, 0.6) is 0 Å². The molecule has 4 nitrogen and oxygen atoms in total. The summed E-state index contributed by atoms with van der Waals surface area (Å²) >= 11 is 0. The summed E-state index contributed by atoms with van der Waals surface area (Å²) in [6, 6.07) is 16.6. The number of anilines is 2. The van der Waals surface area contributed by atoms with Gasteiger partial charge in [0.05, 0.1) is 24.6 Å². The molecular weight excluding hydrogens is 274 g/mol. The molecule has 0 aliphatic carbocycles. The lowest BCUT2D eigenvalue weighted by atomic mass is 10.1. The number of hydrogen-bond donors (Lipinski definition) is 2. The molecule has 0 bridgehead atoms. The average Bonchev–Trinajstić information content (AvgIpc) is 2.56. The van der Waals surface area contributed by atoms with Gasteiger partial charge in [0.15, 0.2) is 0 Å². The fourth-order valence-corrected chi connectivity index (χ4v) is 2.68. The molecule has 1 heterocycles. The first-order valence-corrected chi connectivity index (χ1v) is 7.77. The van der Waals surface area contributed by atoms with Gasteiger partial charge in [-0.05, 0) is 23.3 Å². The van der Waals surface area contributed by atoms with Crippen molar-refractivity contribution in [2.45, 2.75) is 13.1 Å². The first-order chi connectivity index (χ1) is 10.8. The molecular formula is C18H23N3O. The van der Waals surface area contributed by atoms with Crippen LogP contribution in [0, 0.1) is 0 Å². The normalized spacial score (nSPS) is 15.6. The third-order valence-corrected chi connectivity index (χ3v) is 3.95. The van der Waals surface area contributed by atoms with E-state index in [1.807, 2.05) is 18.2 Å². The summed E-state index contributed by atoms with van der Waals surface area (Å²) in [6.45, 7) is 5.36. The van der Waals surface area contributed by atoms with E-state index >= 15 is 0 Å². The summed E-state index contributed by atoms with van der Waals surface area (Å²) in [4.78, 5) is 2.40. The predicted molar refractivity (Wildman–Crippen MR) is 90.7 cm³/mol. The number of hydrogen-bond acceptors (Lipinski definition) is 4. The zero-order valence-electron chi connectivity index (χ0n) is 12.8. The maximum absolute atomic E-state index is 6.18. The van der Waals surface area contributed by atoms with E-state index in [0.717, 1.165) is 50.8 Å². The number of nitrogens with two attached hydrogens (primary N) is 1. The van der Waals surface area contributed by atoms with Crippen LogP contribution in [-0.4, -0.2) is 31.2 Å². The van der Waals surface area contributed by atoms with E-state index in [4.69, 9.17) is 10.5 Å². The molecule has 1 aliphatic rings. The van der Waals surface area contributed by atoms with Gasteiger partial charge in [-0.3, -0.25) is 4.90 Å². The van der Waals surface area contributed by atoms with Gasteiger partial charge in [0.1, 0.15) is 0 Å². The maximum atomic E-state index is 6.18. The van der Waals surface area contributed by atoms with Gasteiger partial charge in [-0.15, -0.1) is 0 Å². The molecule has 3 rings (SSSR count). The molecule has 0 aromatic heterocycles. The minimum atomic E-state index is 0.786. The van der Waals surface area contributed by atoms with E-state index in [-0.39, 0.29) is 0 Å². The number of nitrogens with zero attached hydrogens (tertiary/aromatic N) is 1. The SMILES string of the molecule is Nc1cc(CN2CCOCC2)ccc1NCc1ccccc1. The summed E-state index contributed by atoms with van der Waals surface area (Å²) < 4.78 is 5.38. The average molecular weight is 297 g/mol. The fourth-order valence-electron chi connectivity index (χ4n) is 2.68. The van der Waals surface area contributed by atoms with Gasteiger partial charge < -0.3 is 15.8 Å². The predicted octanol–water partition coefficient (Wildman–Crippen LogP) is 2.71. The van der Waals surface area contributed by atoms with Gasteiger partial charge in [0.2, 0.25) is 0 Å². The van der Waals surface area contributed by atoms with Crippen LogP contribution in [0.15, 0.2) is 48.5 Å². The Bertz CT molecular complexity index is 595. The Hall–Kier alpha value is -2.04. The number of ether oxygens (including phenoxy) is 1. The molecule has 3 N–H and O–H groups in total. The van der Waals surface area contributed by atoms with Crippen molar-refractivity contribution in [3.63, 3.8) is 0 Å². The number of benzene rings is 2. The Balaban J connectivity index is 1.59. The van der Waals surface area contributed by atoms with Crippen molar-refractivity contribution in [3.8, 4) is 0 Å². The number of nitrogen functional groups attached to an aromatic ring is 1. The maximum Gasteiger partial charge on any atom is 0.0594 e. The summed E-state index contributed by atoms with van der Waals surface area (Å²) in [5, 5.41) is 3.40.